The maximum Gasteiger partial charge on any atom is 0.408 e. The molecule has 0 aliphatic carbocycles. The number of Topliss-reactive ketones (excluding diaryl/α,β-unsaturated/α-hetero) is 2. The van der Waals surface area contributed by atoms with Crippen molar-refractivity contribution in [3.63, 3.8) is 0 Å². The fourth-order valence-corrected chi connectivity index (χ4v) is 8.88. The van der Waals surface area contributed by atoms with Gasteiger partial charge in [0.25, 0.3) is 5.67 Å². The Hall–Kier alpha value is -3.89. The summed E-state index contributed by atoms with van der Waals surface area (Å²) in [4.78, 5) is 61.8. The van der Waals surface area contributed by atoms with E-state index in [-0.39, 0.29) is 31.3 Å². The van der Waals surface area contributed by atoms with Gasteiger partial charge in [-0.3, -0.25) is 14.6 Å². The zero-order chi connectivity index (χ0) is 42.9. The molecule has 13 atom stereocenters. The number of esters is 1. The number of aliphatic hydroxyl groups excluding tert-OH is 1. The third-order valence-corrected chi connectivity index (χ3v) is 12.1. The molecule has 1 aromatic carbocycles. The van der Waals surface area contributed by atoms with Gasteiger partial charge in [0.1, 0.15) is 23.8 Å². The Morgan fingerprint density at radius 2 is 1.78 bits per heavy atom. The first-order valence-corrected chi connectivity index (χ1v) is 20.1. The Bertz CT molecular complexity index is 1880. The molecule has 1 unspecified atom stereocenters. The molecule has 58 heavy (non-hydrogen) atoms. The van der Waals surface area contributed by atoms with Crippen LogP contribution in [0.3, 0.4) is 0 Å². The van der Waals surface area contributed by atoms with Gasteiger partial charge in [-0.1, -0.05) is 46.3 Å². The number of rotatable bonds is 9. The molecule has 1 aromatic heterocycles. The van der Waals surface area contributed by atoms with E-state index < -0.39 is 95.0 Å². The number of likely N-dealkylation sites (N-methyl/N-ethyl adjacent to an activating group) is 1. The van der Waals surface area contributed by atoms with E-state index in [0.29, 0.717) is 29.3 Å². The van der Waals surface area contributed by atoms with Crippen LogP contribution >= 0.6 is 0 Å². The molecule has 3 fully saturated rings. The van der Waals surface area contributed by atoms with Crippen molar-refractivity contribution < 1.29 is 56.7 Å². The lowest BCUT2D eigenvalue weighted by Crippen LogP contribution is -2.61. The first kappa shape index (κ1) is 45.2. The minimum atomic E-state index is -3.22. The molecule has 2 N–H and O–H groups in total. The number of benzene rings is 1. The number of amides is 1. The van der Waals surface area contributed by atoms with Crippen LogP contribution < -0.4 is 5.32 Å². The van der Waals surface area contributed by atoms with E-state index in [1.54, 1.807) is 65.3 Å². The number of halogens is 2. The third kappa shape index (κ3) is 9.28. The molecule has 15 heteroatoms. The second-order valence-corrected chi connectivity index (χ2v) is 17.1. The summed E-state index contributed by atoms with van der Waals surface area (Å²) in [7, 11) is 3.61. The first-order valence-electron chi connectivity index (χ1n) is 20.1. The molecule has 0 spiro atoms. The highest BCUT2D eigenvalue weighted by atomic mass is 19.1. The fourth-order valence-electron chi connectivity index (χ4n) is 8.88. The summed E-state index contributed by atoms with van der Waals surface area (Å²) >= 11 is 0. The number of ketones is 2. The number of alkyl halides is 1. The lowest BCUT2D eigenvalue weighted by Gasteiger charge is -2.47. The monoisotopic (exact) mass is 815 g/mol. The molecule has 13 nitrogen and oxygen atoms in total. The van der Waals surface area contributed by atoms with Gasteiger partial charge in [-0.25, -0.2) is 18.4 Å². The Labute approximate surface area is 339 Å². The number of nitrogens with one attached hydrogen (secondary N) is 1. The Kier molecular flexibility index (Phi) is 13.8. The number of alkyl carbamates (subject to hydrolysis) is 1. The van der Waals surface area contributed by atoms with E-state index in [1.165, 1.54) is 26.0 Å². The van der Waals surface area contributed by atoms with Crippen LogP contribution in [0.4, 0.5) is 13.6 Å². The van der Waals surface area contributed by atoms with Crippen LogP contribution in [0.15, 0.2) is 36.5 Å². The van der Waals surface area contributed by atoms with Crippen molar-refractivity contribution in [2.45, 2.75) is 141 Å². The predicted molar refractivity (Wildman–Crippen MR) is 211 cm³/mol. The lowest BCUT2D eigenvalue weighted by atomic mass is 9.73. The molecule has 320 valence electrons. The number of hydrogen-bond acceptors (Lipinski definition) is 12. The maximum atomic E-state index is 17.0. The van der Waals surface area contributed by atoms with Crippen molar-refractivity contribution in [3.05, 3.63) is 47.9 Å². The summed E-state index contributed by atoms with van der Waals surface area (Å²) < 4.78 is 61.8. The van der Waals surface area contributed by atoms with Crippen LogP contribution in [0, 0.1) is 23.6 Å². The minimum absolute atomic E-state index is 0.0807. The van der Waals surface area contributed by atoms with Gasteiger partial charge in [-0.15, -0.1) is 0 Å². The SMILES string of the molecule is CCC[C@H]1OC(=O)[C@@](C)(F)C(=O)[C@H](C)[C@@H](OC2O[C@H](C)C[C@H](N(C)C)[C@H]2O)[C@](C)(OC/C=C/c2cnc3ccc(F)cc3c2)C[C@@H](C)C(=O)[C@H](C)[C@@H]2NC(=O)O[C@]12C. The number of hydrogen-bond donors (Lipinski definition) is 2. The molecule has 5 rings (SSSR count). The molecule has 4 heterocycles. The fraction of sp³-hybridized carbons (Fsp3) is 0.651. The molecule has 0 bridgehead atoms. The number of pyridine rings is 1. The average molecular weight is 816 g/mol. The molecule has 3 saturated heterocycles. The second-order valence-electron chi connectivity index (χ2n) is 17.1. The second kappa shape index (κ2) is 17.8. The quantitative estimate of drug-likeness (QED) is 0.234. The zero-order valence-electron chi connectivity index (χ0n) is 35.1. The predicted octanol–water partition coefficient (Wildman–Crippen LogP) is 5.73. The third-order valence-electron chi connectivity index (χ3n) is 12.1. The number of cyclic esters (lactones) is 1. The van der Waals surface area contributed by atoms with Crippen LogP contribution in [0.25, 0.3) is 17.0 Å². The van der Waals surface area contributed by atoms with Gasteiger partial charge in [0, 0.05) is 35.4 Å². The molecule has 2 aromatic rings. The number of nitrogens with zero attached hydrogens (tertiary/aromatic N) is 2. The van der Waals surface area contributed by atoms with E-state index in [0.717, 1.165) is 6.92 Å². The minimum Gasteiger partial charge on any atom is -0.455 e. The highest BCUT2D eigenvalue weighted by Crippen LogP contribution is 2.41. The van der Waals surface area contributed by atoms with Crippen LogP contribution in [0.2, 0.25) is 0 Å². The van der Waals surface area contributed by atoms with E-state index in [2.05, 4.69) is 10.3 Å². The van der Waals surface area contributed by atoms with Gasteiger partial charge in [0.05, 0.1) is 36.0 Å². The van der Waals surface area contributed by atoms with Crippen LogP contribution in [0.5, 0.6) is 0 Å². The van der Waals surface area contributed by atoms with E-state index in [9.17, 15) is 28.7 Å². The van der Waals surface area contributed by atoms with Gasteiger partial charge in [0.2, 0.25) is 0 Å². The molecule has 0 radical (unpaired) electrons. The van der Waals surface area contributed by atoms with Crippen molar-refractivity contribution in [1.82, 2.24) is 15.2 Å². The Morgan fingerprint density at radius 3 is 2.45 bits per heavy atom. The number of carbonyl (C=O) groups is 4. The number of aliphatic hydroxyl groups is 1. The topological polar surface area (TPSA) is 163 Å². The average Bonchev–Trinajstić information content (AvgIpc) is 3.48. The summed E-state index contributed by atoms with van der Waals surface area (Å²) in [6, 6.07) is 4.65. The normalized spacial score (nSPS) is 38.0. The van der Waals surface area contributed by atoms with E-state index in [1.807, 2.05) is 18.7 Å². The van der Waals surface area contributed by atoms with Gasteiger partial charge in [-0.2, -0.15) is 0 Å². The largest absolute Gasteiger partial charge is 0.455 e. The summed E-state index contributed by atoms with van der Waals surface area (Å²) in [6.07, 6.45) is -0.384. The summed E-state index contributed by atoms with van der Waals surface area (Å²) in [6.45, 7) is 12.3. The number of ether oxygens (including phenoxy) is 5. The summed E-state index contributed by atoms with van der Waals surface area (Å²) in [5, 5.41) is 14.9. The highest BCUT2D eigenvalue weighted by molar-refractivity contribution is 6.08. The number of fused-ring (bicyclic) bond motifs is 2. The van der Waals surface area contributed by atoms with Crippen LogP contribution in [-0.2, 0) is 38.1 Å². The molecule has 0 saturated carbocycles. The van der Waals surface area contributed by atoms with Crippen molar-refractivity contribution >= 4 is 40.6 Å². The van der Waals surface area contributed by atoms with Crippen molar-refractivity contribution in [2.75, 3.05) is 20.7 Å². The molecule has 3 aliphatic rings. The smallest absolute Gasteiger partial charge is 0.408 e. The van der Waals surface area contributed by atoms with E-state index >= 15 is 4.39 Å². The highest BCUT2D eigenvalue weighted by Gasteiger charge is 2.59. The lowest BCUT2D eigenvalue weighted by molar-refractivity contribution is -0.297. The van der Waals surface area contributed by atoms with Gasteiger partial charge < -0.3 is 39.0 Å². The first-order chi connectivity index (χ1) is 27.1. The van der Waals surface area contributed by atoms with Gasteiger partial charge in [0.15, 0.2) is 17.7 Å². The molecular weight excluding hydrogens is 756 g/mol. The van der Waals surface area contributed by atoms with Gasteiger partial charge >= 0.3 is 12.1 Å². The molecule has 1 amide bonds. The van der Waals surface area contributed by atoms with Crippen molar-refractivity contribution in [3.8, 4) is 0 Å². The van der Waals surface area contributed by atoms with Crippen LogP contribution in [0.1, 0.15) is 86.6 Å². The number of aromatic nitrogens is 1. The summed E-state index contributed by atoms with van der Waals surface area (Å²) in [5.74, 6) is -6.51. The Morgan fingerprint density at radius 1 is 1.07 bits per heavy atom. The zero-order valence-corrected chi connectivity index (χ0v) is 35.1. The van der Waals surface area contributed by atoms with Crippen molar-refractivity contribution in [1.29, 1.82) is 0 Å². The van der Waals surface area contributed by atoms with Crippen molar-refractivity contribution in [2.24, 2.45) is 17.8 Å². The summed E-state index contributed by atoms with van der Waals surface area (Å²) in [5.41, 5.74) is -5.14. The van der Waals surface area contributed by atoms with Crippen LogP contribution in [-0.4, -0.2) is 119 Å². The molecule has 3 aliphatic heterocycles. The number of carbonyl (C=O) groups excluding carboxylic acids is 4. The molecular formula is C43H59F2N3O10. The van der Waals surface area contributed by atoms with Gasteiger partial charge in [-0.05, 0) is 90.9 Å². The van der Waals surface area contributed by atoms with E-state index in [4.69, 9.17) is 23.7 Å². The maximum absolute atomic E-state index is 17.0. The Balaban J connectivity index is 1.59. The standard InChI is InChI=1S/C43H59F2N3O10/c1-11-13-32-43(8)35(47-40(53)58-43)25(4)33(49)23(2)21-41(6,54-17-12-14-27-19-28-20-29(44)15-16-30(28)46-22-27)37(26(5)36(51)42(7,45)39(52)56-32)57-38-34(50)31(48(9)10)18-24(3)55-38/h12,14-16,19-20,22-26,31-32,34-35,37-38,50H,11,13,17-18,21H2,1-10H3,(H,47,53)/b14-12+/t23-,24-,25+,26+,31+,32-,34-,35+,37-,38?,41-,42+,43-/m1/s1.